The highest BCUT2D eigenvalue weighted by Gasteiger charge is 2.13. The minimum Gasteiger partial charge on any atom is -0.361 e. The van der Waals surface area contributed by atoms with Gasteiger partial charge in [0, 0.05) is 55.8 Å². The first kappa shape index (κ1) is 27.8. The van der Waals surface area contributed by atoms with Crippen molar-refractivity contribution in [3.05, 3.63) is 113 Å². The van der Waals surface area contributed by atoms with Gasteiger partial charge in [-0.2, -0.15) is 0 Å². The molecule has 1 aromatic heterocycles. The number of fused-ring (bicyclic) bond motifs is 1. The Hall–Kier alpha value is -4.20. The van der Waals surface area contributed by atoms with Crippen LogP contribution >= 0.6 is 0 Å². The lowest BCUT2D eigenvalue weighted by molar-refractivity contribution is -0.124. The minimum absolute atomic E-state index is 0.0611. The predicted molar refractivity (Wildman–Crippen MR) is 155 cm³/mol. The maximum atomic E-state index is 12.6. The molecule has 202 valence electrons. The number of carbonyl (C=O) groups excluding carboxylic acids is 2. The number of amides is 2. The molecule has 0 spiro atoms. The number of benzene rings is 3. The molecule has 0 saturated heterocycles. The summed E-state index contributed by atoms with van der Waals surface area (Å²) < 4.78 is 0. The molecule has 3 aromatic carbocycles. The normalized spacial score (nSPS) is 12.2. The van der Waals surface area contributed by atoms with Gasteiger partial charge in [-0.25, -0.2) is 5.48 Å². The zero-order valence-electron chi connectivity index (χ0n) is 22.3. The van der Waals surface area contributed by atoms with E-state index in [-0.39, 0.29) is 11.8 Å². The SMILES string of the molecule is CC(CC(=O)NCCN(CCc1c[nH]c2ccccc12)Cc1ccc(/C=C/C(=O)NO)cc1)c1ccccc1. The van der Waals surface area contributed by atoms with Gasteiger partial charge < -0.3 is 10.3 Å². The van der Waals surface area contributed by atoms with Gasteiger partial charge in [0.1, 0.15) is 0 Å². The Morgan fingerprint density at radius 3 is 2.49 bits per heavy atom. The first-order chi connectivity index (χ1) is 19.0. The Morgan fingerprint density at radius 1 is 0.974 bits per heavy atom. The average molecular weight is 525 g/mol. The Bertz CT molecular complexity index is 1380. The number of hydrogen-bond acceptors (Lipinski definition) is 4. The maximum absolute atomic E-state index is 12.6. The van der Waals surface area contributed by atoms with Crippen LogP contribution in [0.2, 0.25) is 0 Å². The highest BCUT2D eigenvalue weighted by Crippen LogP contribution is 2.20. The summed E-state index contributed by atoms with van der Waals surface area (Å²) in [6.45, 7) is 4.96. The number of hydrogen-bond donors (Lipinski definition) is 4. The van der Waals surface area contributed by atoms with E-state index in [1.54, 1.807) is 11.6 Å². The molecule has 2 amide bonds. The van der Waals surface area contributed by atoms with Gasteiger partial charge in [0.25, 0.3) is 5.91 Å². The summed E-state index contributed by atoms with van der Waals surface area (Å²) in [5.74, 6) is -0.339. The number of aromatic amines is 1. The van der Waals surface area contributed by atoms with Gasteiger partial charge in [-0.15, -0.1) is 0 Å². The van der Waals surface area contributed by atoms with E-state index in [9.17, 15) is 9.59 Å². The number of nitrogens with one attached hydrogen (secondary N) is 3. The minimum atomic E-state index is -0.567. The largest absolute Gasteiger partial charge is 0.361 e. The second kappa shape index (κ2) is 14.1. The van der Waals surface area contributed by atoms with E-state index < -0.39 is 5.91 Å². The molecular weight excluding hydrogens is 488 g/mol. The van der Waals surface area contributed by atoms with Crippen LogP contribution in [0.1, 0.15) is 41.5 Å². The standard InChI is InChI=1S/C32H36N4O3/c1-24(27-7-3-2-4-8-27)21-32(38)33-18-20-36(19-17-28-22-34-30-10-6-5-9-29(28)30)23-26-13-11-25(12-14-26)15-16-31(37)35-39/h2-16,22,24,34,39H,17-21,23H2,1H3,(H,33,38)(H,35,37)/b16-15+. The van der Waals surface area contributed by atoms with Crippen molar-refractivity contribution in [3.63, 3.8) is 0 Å². The van der Waals surface area contributed by atoms with Gasteiger partial charge in [-0.05, 0) is 46.7 Å². The Labute approximate surface area is 229 Å². The molecule has 0 bridgehead atoms. The lowest BCUT2D eigenvalue weighted by Gasteiger charge is -2.23. The van der Waals surface area contributed by atoms with Gasteiger partial charge >= 0.3 is 0 Å². The van der Waals surface area contributed by atoms with Crippen LogP contribution in [-0.2, 0) is 22.6 Å². The summed E-state index contributed by atoms with van der Waals surface area (Å²) in [5, 5.41) is 13.0. The monoisotopic (exact) mass is 524 g/mol. The number of nitrogens with zero attached hydrogens (tertiary/aromatic N) is 1. The highest BCUT2D eigenvalue weighted by molar-refractivity contribution is 5.90. The number of carbonyl (C=O) groups is 2. The van der Waals surface area contributed by atoms with Crippen molar-refractivity contribution < 1.29 is 14.8 Å². The number of para-hydroxylation sites is 1. The van der Waals surface area contributed by atoms with E-state index in [0.29, 0.717) is 13.0 Å². The van der Waals surface area contributed by atoms with Crippen molar-refractivity contribution in [1.29, 1.82) is 0 Å². The second-order valence-electron chi connectivity index (χ2n) is 9.80. The lowest BCUT2D eigenvalue weighted by atomic mass is 9.98. The summed E-state index contributed by atoms with van der Waals surface area (Å²) in [7, 11) is 0. The summed E-state index contributed by atoms with van der Waals surface area (Å²) >= 11 is 0. The fourth-order valence-corrected chi connectivity index (χ4v) is 4.69. The van der Waals surface area contributed by atoms with Gasteiger partial charge in [-0.3, -0.25) is 19.7 Å². The molecule has 1 unspecified atom stereocenters. The number of H-pyrrole nitrogens is 1. The molecule has 4 aromatic rings. The molecular formula is C32H36N4O3. The summed E-state index contributed by atoms with van der Waals surface area (Å²) in [6, 6.07) is 26.4. The summed E-state index contributed by atoms with van der Waals surface area (Å²) in [5.41, 5.74) is 7.18. The molecule has 4 N–H and O–H groups in total. The molecule has 7 nitrogen and oxygen atoms in total. The first-order valence-electron chi connectivity index (χ1n) is 13.3. The van der Waals surface area contributed by atoms with Crippen molar-refractivity contribution in [1.82, 2.24) is 20.7 Å². The molecule has 1 atom stereocenters. The molecule has 0 aliphatic rings. The number of aromatic nitrogens is 1. The smallest absolute Gasteiger partial charge is 0.267 e. The van der Waals surface area contributed by atoms with Crippen LogP contribution in [-0.4, -0.2) is 46.5 Å². The third-order valence-corrected chi connectivity index (χ3v) is 6.91. The molecule has 4 rings (SSSR count). The van der Waals surface area contributed by atoms with E-state index in [1.165, 1.54) is 22.6 Å². The zero-order valence-corrected chi connectivity index (χ0v) is 22.3. The van der Waals surface area contributed by atoms with E-state index in [2.05, 4.69) is 58.7 Å². The van der Waals surface area contributed by atoms with Crippen LogP contribution in [0.3, 0.4) is 0 Å². The number of hydroxylamine groups is 1. The van der Waals surface area contributed by atoms with Crippen molar-refractivity contribution in [3.8, 4) is 0 Å². The molecule has 0 aliphatic carbocycles. The summed E-state index contributed by atoms with van der Waals surface area (Å²) in [4.78, 5) is 29.6. The van der Waals surface area contributed by atoms with Crippen LogP contribution in [0.25, 0.3) is 17.0 Å². The van der Waals surface area contributed by atoms with Crippen molar-refractivity contribution >= 4 is 28.8 Å². The molecule has 0 saturated carbocycles. The first-order valence-corrected chi connectivity index (χ1v) is 13.3. The Kier molecular flexibility index (Phi) is 10.1. The van der Waals surface area contributed by atoms with E-state index in [1.807, 2.05) is 48.5 Å². The van der Waals surface area contributed by atoms with Gasteiger partial charge in [0.15, 0.2) is 0 Å². The Morgan fingerprint density at radius 2 is 1.72 bits per heavy atom. The van der Waals surface area contributed by atoms with Crippen LogP contribution < -0.4 is 10.8 Å². The quantitative estimate of drug-likeness (QED) is 0.112. The fraction of sp³-hybridized carbons (Fsp3) is 0.250. The highest BCUT2D eigenvalue weighted by atomic mass is 16.5. The fourth-order valence-electron chi connectivity index (χ4n) is 4.69. The van der Waals surface area contributed by atoms with Gasteiger partial charge in [0.2, 0.25) is 5.91 Å². The number of rotatable bonds is 13. The van der Waals surface area contributed by atoms with E-state index in [0.717, 1.165) is 42.7 Å². The van der Waals surface area contributed by atoms with Crippen LogP contribution in [0, 0.1) is 0 Å². The zero-order chi connectivity index (χ0) is 27.5. The predicted octanol–water partition coefficient (Wildman–Crippen LogP) is 5.04. The topological polar surface area (TPSA) is 97.5 Å². The third kappa shape index (κ3) is 8.40. The van der Waals surface area contributed by atoms with Gasteiger partial charge in [-0.1, -0.05) is 79.7 Å². The van der Waals surface area contributed by atoms with Crippen LogP contribution in [0.4, 0.5) is 0 Å². The van der Waals surface area contributed by atoms with Crippen LogP contribution in [0.5, 0.6) is 0 Å². The molecule has 0 radical (unpaired) electrons. The molecule has 1 heterocycles. The molecule has 39 heavy (non-hydrogen) atoms. The van der Waals surface area contributed by atoms with Crippen molar-refractivity contribution in [2.45, 2.75) is 32.2 Å². The van der Waals surface area contributed by atoms with Crippen LogP contribution in [0.15, 0.2) is 91.1 Å². The van der Waals surface area contributed by atoms with Crippen molar-refractivity contribution in [2.75, 3.05) is 19.6 Å². The third-order valence-electron chi connectivity index (χ3n) is 6.91. The van der Waals surface area contributed by atoms with E-state index in [4.69, 9.17) is 5.21 Å². The molecule has 0 fully saturated rings. The average Bonchev–Trinajstić information content (AvgIpc) is 3.38. The lowest BCUT2D eigenvalue weighted by Crippen LogP contribution is -2.36. The summed E-state index contributed by atoms with van der Waals surface area (Å²) in [6.07, 6.45) is 6.36. The molecule has 0 aliphatic heterocycles. The maximum Gasteiger partial charge on any atom is 0.267 e. The van der Waals surface area contributed by atoms with E-state index >= 15 is 0 Å². The Balaban J connectivity index is 1.36. The van der Waals surface area contributed by atoms with Crippen molar-refractivity contribution in [2.24, 2.45) is 0 Å². The second-order valence-corrected chi connectivity index (χ2v) is 9.80. The van der Waals surface area contributed by atoms with Gasteiger partial charge in [0.05, 0.1) is 0 Å². The molecule has 7 heteroatoms.